The average molecular weight is 421 g/mol. The summed E-state index contributed by atoms with van der Waals surface area (Å²) in [4.78, 5) is 25.6. The summed E-state index contributed by atoms with van der Waals surface area (Å²) in [6.07, 6.45) is 0. The van der Waals surface area contributed by atoms with Gasteiger partial charge in [0.25, 0.3) is 0 Å². The number of aryl methyl sites for hydroxylation is 1. The Bertz CT molecular complexity index is 1280. The normalized spacial score (nSPS) is 10.7. The van der Waals surface area contributed by atoms with Crippen molar-refractivity contribution in [3.05, 3.63) is 93.6 Å². The second kappa shape index (κ2) is 8.43. The lowest BCUT2D eigenvalue weighted by molar-refractivity contribution is -0.136. The van der Waals surface area contributed by atoms with Gasteiger partial charge in [0.2, 0.25) is 11.2 Å². The Morgan fingerprint density at radius 1 is 1.00 bits per heavy atom. The predicted octanol–water partition coefficient (Wildman–Crippen LogP) is 5.41. The molecule has 150 valence electrons. The van der Waals surface area contributed by atoms with E-state index in [4.69, 9.17) is 25.5 Å². The zero-order valence-corrected chi connectivity index (χ0v) is 16.8. The second-order valence-electron chi connectivity index (χ2n) is 6.64. The summed E-state index contributed by atoms with van der Waals surface area (Å²) in [5.41, 5.74) is 1.25. The van der Waals surface area contributed by atoms with Gasteiger partial charge in [0, 0.05) is 5.56 Å². The van der Waals surface area contributed by atoms with Gasteiger partial charge in [0.15, 0.2) is 12.4 Å². The van der Waals surface area contributed by atoms with Crippen molar-refractivity contribution in [2.75, 3.05) is 6.61 Å². The number of hydrogen-bond donors (Lipinski definition) is 0. The van der Waals surface area contributed by atoms with Gasteiger partial charge in [-0.15, -0.1) is 0 Å². The molecule has 0 bridgehead atoms. The molecule has 0 amide bonds. The van der Waals surface area contributed by atoms with E-state index >= 15 is 0 Å². The van der Waals surface area contributed by atoms with Gasteiger partial charge in [-0.1, -0.05) is 53.6 Å². The minimum atomic E-state index is -0.730. The lowest BCUT2D eigenvalue weighted by Gasteiger charge is -2.12. The Hall–Kier alpha value is -3.57. The first-order chi connectivity index (χ1) is 14.5. The van der Waals surface area contributed by atoms with Crippen LogP contribution in [0, 0.1) is 6.92 Å². The fraction of sp³-hybridized carbons (Fsp3) is 0.0833. The average Bonchev–Trinajstić information content (AvgIpc) is 2.76. The SMILES string of the molecule is Cc1ccc2oc(-c3ccccc3Cl)c(OC(=O)COc3ccccc3)c(=O)c2c1. The number of fused-ring (bicyclic) bond motifs is 1. The summed E-state index contributed by atoms with van der Waals surface area (Å²) in [5.74, 6) is -0.341. The number of carbonyl (C=O) groups excluding carboxylic acids is 1. The van der Waals surface area contributed by atoms with Gasteiger partial charge < -0.3 is 13.9 Å². The van der Waals surface area contributed by atoms with Crippen LogP contribution < -0.4 is 14.9 Å². The van der Waals surface area contributed by atoms with Crippen molar-refractivity contribution in [1.29, 1.82) is 0 Å². The lowest BCUT2D eigenvalue weighted by Crippen LogP contribution is -2.21. The molecule has 4 rings (SSSR count). The summed E-state index contributed by atoms with van der Waals surface area (Å²) >= 11 is 6.31. The summed E-state index contributed by atoms with van der Waals surface area (Å²) in [5, 5.41) is 0.683. The third-order valence-corrected chi connectivity index (χ3v) is 4.77. The fourth-order valence-electron chi connectivity index (χ4n) is 3.01. The highest BCUT2D eigenvalue weighted by molar-refractivity contribution is 6.33. The molecule has 4 aromatic rings. The molecule has 0 aliphatic rings. The van der Waals surface area contributed by atoms with E-state index in [-0.39, 0.29) is 18.1 Å². The summed E-state index contributed by atoms with van der Waals surface area (Å²) < 4.78 is 16.8. The Morgan fingerprint density at radius 3 is 2.50 bits per heavy atom. The van der Waals surface area contributed by atoms with Crippen LogP contribution in [0.2, 0.25) is 5.02 Å². The van der Waals surface area contributed by atoms with Gasteiger partial charge in [-0.25, -0.2) is 4.79 Å². The van der Waals surface area contributed by atoms with Crippen molar-refractivity contribution < 1.29 is 18.7 Å². The van der Waals surface area contributed by atoms with E-state index < -0.39 is 11.4 Å². The highest BCUT2D eigenvalue weighted by Gasteiger charge is 2.22. The van der Waals surface area contributed by atoms with Crippen molar-refractivity contribution in [3.8, 4) is 22.8 Å². The van der Waals surface area contributed by atoms with Crippen LogP contribution in [-0.4, -0.2) is 12.6 Å². The van der Waals surface area contributed by atoms with E-state index in [0.717, 1.165) is 5.56 Å². The second-order valence-corrected chi connectivity index (χ2v) is 7.05. The van der Waals surface area contributed by atoms with E-state index in [2.05, 4.69) is 0 Å². The Balaban J connectivity index is 1.75. The molecule has 0 radical (unpaired) electrons. The molecule has 0 spiro atoms. The van der Waals surface area contributed by atoms with Gasteiger partial charge in [-0.05, 0) is 43.3 Å². The van der Waals surface area contributed by atoms with Gasteiger partial charge in [-0.2, -0.15) is 0 Å². The Morgan fingerprint density at radius 2 is 1.73 bits per heavy atom. The van der Waals surface area contributed by atoms with E-state index in [9.17, 15) is 9.59 Å². The molecule has 0 aliphatic carbocycles. The third kappa shape index (κ3) is 4.07. The minimum absolute atomic E-state index is 0.0926. The van der Waals surface area contributed by atoms with Crippen LogP contribution in [-0.2, 0) is 4.79 Å². The van der Waals surface area contributed by atoms with Crippen molar-refractivity contribution in [3.63, 3.8) is 0 Å². The number of ether oxygens (including phenoxy) is 2. The zero-order valence-electron chi connectivity index (χ0n) is 16.1. The molecule has 0 saturated carbocycles. The smallest absolute Gasteiger partial charge is 0.349 e. The maximum Gasteiger partial charge on any atom is 0.349 e. The van der Waals surface area contributed by atoms with Crippen molar-refractivity contribution in [2.45, 2.75) is 6.92 Å². The van der Waals surface area contributed by atoms with E-state index in [1.54, 1.807) is 60.7 Å². The number of para-hydroxylation sites is 1. The highest BCUT2D eigenvalue weighted by Crippen LogP contribution is 2.35. The van der Waals surface area contributed by atoms with Crippen LogP contribution >= 0.6 is 11.6 Å². The van der Waals surface area contributed by atoms with Crippen LogP contribution in [0.25, 0.3) is 22.3 Å². The Labute approximate surface area is 177 Å². The quantitative estimate of drug-likeness (QED) is 0.404. The molecule has 1 aromatic heterocycles. The molecule has 0 saturated heterocycles. The van der Waals surface area contributed by atoms with Gasteiger partial charge in [0.05, 0.1) is 10.4 Å². The van der Waals surface area contributed by atoms with Crippen molar-refractivity contribution >= 4 is 28.5 Å². The van der Waals surface area contributed by atoms with Gasteiger partial charge in [-0.3, -0.25) is 4.79 Å². The van der Waals surface area contributed by atoms with Crippen LogP contribution in [0.5, 0.6) is 11.5 Å². The first kappa shape index (κ1) is 19.7. The molecule has 0 atom stereocenters. The number of esters is 1. The number of benzene rings is 3. The predicted molar refractivity (Wildman–Crippen MR) is 115 cm³/mol. The number of hydrogen-bond acceptors (Lipinski definition) is 5. The molecule has 3 aromatic carbocycles. The van der Waals surface area contributed by atoms with Gasteiger partial charge >= 0.3 is 5.97 Å². The molecule has 1 heterocycles. The van der Waals surface area contributed by atoms with Crippen molar-refractivity contribution in [1.82, 2.24) is 0 Å². The number of rotatable bonds is 5. The lowest BCUT2D eigenvalue weighted by atomic mass is 10.1. The number of halogens is 1. The monoisotopic (exact) mass is 420 g/mol. The Kier molecular flexibility index (Phi) is 5.55. The van der Waals surface area contributed by atoms with Crippen LogP contribution in [0.4, 0.5) is 0 Å². The molecular formula is C24H17ClO5. The van der Waals surface area contributed by atoms with E-state index in [0.29, 0.717) is 27.3 Å². The summed E-state index contributed by atoms with van der Waals surface area (Å²) in [6, 6.07) is 20.9. The zero-order chi connectivity index (χ0) is 21.1. The molecule has 6 heteroatoms. The molecule has 0 N–H and O–H groups in total. The van der Waals surface area contributed by atoms with Crippen LogP contribution in [0.15, 0.2) is 82.0 Å². The largest absolute Gasteiger partial charge is 0.482 e. The third-order valence-electron chi connectivity index (χ3n) is 4.44. The molecule has 5 nitrogen and oxygen atoms in total. The molecule has 0 unspecified atom stereocenters. The van der Waals surface area contributed by atoms with Gasteiger partial charge in [0.1, 0.15) is 11.3 Å². The minimum Gasteiger partial charge on any atom is -0.482 e. The summed E-state index contributed by atoms with van der Waals surface area (Å²) in [7, 11) is 0. The standard InChI is InChI=1S/C24H17ClO5/c1-15-11-12-20-18(13-15)22(27)24(23(29-20)17-9-5-6-10-19(17)25)30-21(26)14-28-16-7-3-2-4-8-16/h2-13H,14H2,1H3. The van der Waals surface area contributed by atoms with Crippen LogP contribution in [0.3, 0.4) is 0 Å². The van der Waals surface area contributed by atoms with Crippen molar-refractivity contribution in [2.24, 2.45) is 0 Å². The molecule has 0 aliphatic heterocycles. The topological polar surface area (TPSA) is 65.7 Å². The molecule has 30 heavy (non-hydrogen) atoms. The maximum absolute atomic E-state index is 13.2. The molecular weight excluding hydrogens is 404 g/mol. The van der Waals surface area contributed by atoms with Crippen LogP contribution in [0.1, 0.15) is 5.56 Å². The van der Waals surface area contributed by atoms with E-state index in [1.807, 2.05) is 19.1 Å². The number of carbonyl (C=O) groups is 1. The molecule has 0 fully saturated rings. The fourth-order valence-corrected chi connectivity index (χ4v) is 3.23. The summed E-state index contributed by atoms with van der Waals surface area (Å²) in [6.45, 7) is 1.50. The first-order valence-electron chi connectivity index (χ1n) is 9.24. The van der Waals surface area contributed by atoms with E-state index in [1.165, 1.54) is 0 Å². The maximum atomic E-state index is 13.2. The highest BCUT2D eigenvalue weighted by atomic mass is 35.5. The first-order valence-corrected chi connectivity index (χ1v) is 9.61.